The Hall–Kier alpha value is -5.96. The van der Waals surface area contributed by atoms with E-state index in [0.717, 1.165) is 72.6 Å². The van der Waals surface area contributed by atoms with Crippen molar-refractivity contribution in [1.29, 1.82) is 0 Å². The van der Waals surface area contributed by atoms with Gasteiger partial charge in [-0.2, -0.15) is 4.99 Å². The minimum absolute atomic E-state index is 0.0549. The number of thioether (sulfide) groups is 1. The summed E-state index contributed by atoms with van der Waals surface area (Å²) in [5.74, 6) is -0.676. The summed E-state index contributed by atoms with van der Waals surface area (Å²) in [5.41, 5.74) is 15.1. The Bertz CT molecular complexity index is 2700. The van der Waals surface area contributed by atoms with E-state index in [-0.39, 0.29) is 57.8 Å². The lowest BCUT2D eigenvalue weighted by Crippen LogP contribution is -2.36. The summed E-state index contributed by atoms with van der Waals surface area (Å²) < 4.78 is 44.0. The highest BCUT2D eigenvalue weighted by Gasteiger charge is 2.31. The first-order chi connectivity index (χ1) is 34.5. The third-order valence-electron chi connectivity index (χ3n) is 9.98. The maximum atomic E-state index is 13.8. The van der Waals surface area contributed by atoms with Gasteiger partial charge in [-0.25, -0.2) is 18.6 Å². The Morgan fingerprint density at radius 3 is 2.04 bits per heavy atom. The SMILES string of the molecule is CC(=O)O.CC(C)(C)OC(=O)N1CCC(Oc2ccc(NC(=S)N=C(N)SCP)cc2)C1.Cc1ccc(C(=O)CCl)cc1F.Cc1ccc(C(=O)c2sc(Nc3ccc(OC4CCNC4)cc3)nc2N)cc1F. The number of carboxylic acid groups (broad SMARTS) is 1. The van der Waals surface area contributed by atoms with E-state index in [1.165, 1.54) is 23.9 Å². The van der Waals surface area contributed by atoms with E-state index in [4.69, 9.17) is 59.4 Å². The number of amidine groups is 1. The number of Topliss-reactive ketones (excluding diaryl/α,β-unsaturated/α-hetero) is 1. The van der Waals surface area contributed by atoms with Crippen molar-refractivity contribution < 1.29 is 47.3 Å². The molecule has 392 valence electrons. The lowest BCUT2D eigenvalue weighted by Gasteiger charge is -2.24. The second kappa shape index (κ2) is 29.1. The molecule has 2 saturated heterocycles. The Morgan fingerprint density at radius 1 is 0.945 bits per heavy atom. The minimum atomic E-state index is -0.833. The quantitative estimate of drug-likeness (QED) is 0.0170. The van der Waals surface area contributed by atoms with Crippen molar-refractivity contribution in [3.8, 4) is 11.5 Å². The van der Waals surface area contributed by atoms with Crippen LogP contribution in [0.2, 0.25) is 0 Å². The van der Waals surface area contributed by atoms with E-state index >= 15 is 0 Å². The van der Waals surface area contributed by atoms with E-state index in [1.807, 2.05) is 69.3 Å². The summed E-state index contributed by atoms with van der Waals surface area (Å²) in [7, 11) is 2.56. The van der Waals surface area contributed by atoms with Crippen LogP contribution in [-0.4, -0.2) is 104 Å². The van der Waals surface area contributed by atoms with Crippen LogP contribution in [0.4, 0.5) is 35.9 Å². The monoisotopic (exact) mass is 1100 g/mol. The molecule has 3 atom stereocenters. The molecule has 2 fully saturated rings. The second-order valence-electron chi connectivity index (χ2n) is 17.1. The number of amides is 1. The predicted molar refractivity (Wildman–Crippen MR) is 296 cm³/mol. The largest absolute Gasteiger partial charge is 0.489 e. The van der Waals surface area contributed by atoms with Crippen molar-refractivity contribution in [1.82, 2.24) is 15.2 Å². The molecule has 2 aliphatic rings. The Balaban J connectivity index is 0.000000245. The van der Waals surface area contributed by atoms with Gasteiger partial charge in [0.1, 0.15) is 51.6 Å². The highest BCUT2D eigenvalue weighted by Crippen LogP contribution is 2.31. The number of thiazole rings is 1. The fourth-order valence-corrected chi connectivity index (χ4v) is 8.55. The molecule has 0 radical (unpaired) electrons. The van der Waals surface area contributed by atoms with Gasteiger partial charge in [0, 0.05) is 54.4 Å². The maximum absolute atomic E-state index is 13.8. The molecule has 2 aliphatic heterocycles. The number of alkyl halides is 1. The molecule has 16 nitrogen and oxygen atoms in total. The number of carbonyl (C=O) groups is 4. The third-order valence-corrected chi connectivity index (χ3v) is 12.5. The number of nitrogen functional groups attached to an aromatic ring is 1. The summed E-state index contributed by atoms with van der Waals surface area (Å²) in [6.07, 6.45) is 1.62. The third kappa shape index (κ3) is 20.8. The number of aliphatic imine (C=N–C) groups is 1. The van der Waals surface area contributed by atoms with Gasteiger partial charge in [-0.05, 0) is 132 Å². The Labute approximate surface area is 444 Å². The Kier molecular flexibility index (Phi) is 23.7. The van der Waals surface area contributed by atoms with Crippen molar-refractivity contribution in [2.24, 2.45) is 10.7 Å². The molecule has 8 N–H and O–H groups in total. The highest BCUT2D eigenvalue weighted by molar-refractivity contribution is 8.16. The van der Waals surface area contributed by atoms with Crippen LogP contribution < -0.4 is 36.9 Å². The van der Waals surface area contributed by atoms with Gasteiger partial charge < -0.3 is 51.6 Å². The molecule has 23 heteroatoms. The first-order valence-corrected chi connectivity index (χ1v) is 26.2. The number of carbonyl (C=O) groups excluding carboxylic acids is 3. The molecule has 1 amide bonds. The summed E-state index contributed by atoms with van der Waals surface area (Å²) in [5, 5.41) is 18.1. The lowest BCUT2D eigenvalue weighted by atomic mass is 10.1. The maximum Gasteiger partial charge on any atom is 0.410 e. The minimum Gasteiger partial charge on any atom is -0.489 e. The highest BCUT2D eigenvalue weighted by atomic mass is 35.5. The summed E-state index contributed by atoms with van der Waals surface area (Å²) >= 11 is 13.0. The molecular formula is C50H60ClF2N8O8PS3. The molecule has 0 bridgehead atoms. The zero-order chi connectivity index (χ0) is 53.8. The van der Waals surface area contributed by atoms with Crippen molar-refractivity contribution in [3.05, 3.63) is 124 Å². The smallest absolute Gasteiger partial charge is 0.410 e. The Morgan fingerprint density at radius 2 is 1.51 bits per heavy atom. The molecule has 5 aromatic rings. The van der Waals surface area contributed by atoms with Crippen LogP contribution in [0, 0.1) is 25.5 Å². The number of aliphatic carboxylic acids is 1. The average molecular weight is 1100 g/mol. The molecular weight excluding hydrogens is 1040 g/mol. The molecule has 0 spiro atoms. The molecule has 7 rings (SSSR count). The van der Waals surface area contributed by atoms with Gasteiger partial charge in [-0.3, -0.25) is 14.4 Å². The van der Waals surface area contributed by atoms with Crippen LogP contribution in [0.5, 0.6) is 11.5 Å². The van der Waals surface area contributed by atoms with Gasteiger partial charge in [0.05, 0.1) is 12.4 Å². The predicted octanol–water partition coefficient (Wildman–Crippen LogP) is 10.2. The van der Waals surface area contributed by atoms with Crippen molar-refractivity contribution in [2.75, 3.05) is 53.9 Å². The number of anilines is 4. The molecule has 3 unspecified atom stereocenters. The molecule has 0 aliphatic carbocycles. The van der Waals surface area contributed by atoms with Crippen LogP contribution in [0.3, 0.4) is 0 Å². The number of benzene rings is 4. The van der Waals surface area contributed by atoms with E-state index < -0.39 is 17.4 Å². The van der Waals surface area contributed by atoms with Crippen LogP contribution in [0.1, 0.15) is 77.3 Å². The van der Waals surface area contributed by atoms with Crippen LogP contribution in [0.25, 0.3) is 0 Å². The van der Waals surface area contributed by atoms with Gasteiger partial charge in [0.25, 0.3) is 5.97 Å². The number of nitrogens with one attached hydrogen (secondary N) is 3. The summed E-state index contributed by atoms with van der Waals surface area (Å²) in [6, 6.07) is 23.7. The first kappa shape index (κ1) is 59.6. The first-order valence-electron chi connectivity index (χ1n) is 22.6. The van der Waals surface area contributed by atoms with E-state index in [9.17, 15) is 23.2 Å². The molecule has 0 saturated carbocycles. The standard InChI is InChI=1S/C21H21FN4O2S.C18H27N4O3PS2.C9H8ClFO.C2H4O2/c1-12-2-3-13(10-17(12)22)18(27)19-20(23)26-21(29-19)25-14-4-6-15(7-5-14)28-16-8-9-24-11-16;1-18(2,3)25-17(23)22-9-8-14(10-22)24-13-6-4-12(5-7-13)20-16(27)21-15(19)28-11-26;1-6-2-3-7(4-8(6)11)9(12)5-10;1-2(3)4/h2-7,10,16,24H,8-9,11,23H2,1H3,(H,25,26);4-7,14H,8-11,26H2,1-3H3,(H3,19,20,21,27);2-4H,5H2,1H3;1H3,(H,3,4). The number of ether oxygens (including phenoxy) is 3. The fraction of sp³-hybridized carbons (Fsp3) is 0.340. The number of nitrogens with two attached hydrogens (primary N) is 2. The number of likely N-dealkylation sites (tertiary alicyclic amines) is 1. The lowest BCUT2D eigenvalue weighted by molar-refractivity contribution is -0.134. The number of halogens is 3. The van der Waals surface area contributed by atoms with Crippen LogP contribution >= 0.6 is 56.2 Å². The van der Waals surface area contributed by atoms with Crippen LogP contribution in [-0.2, 0) is 9.53 Å². The molecule has 3 heterocycles. The van der Waals surface area contributed by atoms with Crippen molar-refractivity contribution in [3.63, 3.8) is 0 Å². The number of rotatable bonds is 12. The van der Waals surface area contributed by atoms with Gasteiger partial charge in [0.2, 0.25) is 5.78 Å². The van der Waals surface area contributed by atoms with E-state index in [1.54, 1.807) is 43.0 Å². The second-order valence-corrected chi connectivity index (χ2v) is 20.8. The fourth-order valence-electron chi connectivity index (χ4n) is 6.41. The normalized spacial score (nSPS) is 15.0. The van der Waals surface area contributed by atoms with Crippen molar-refractivity contribution in [2.45, 2.75) is 72.2 Å². The number of aromatic nitrogens is 1. The molecule has 1 aromatic heterocycles. The van der Waals surface area contributed by atoms with E-state index in [2.05, 4.69) is 35.2 Å². The topological polar surface area (TPSA) is 233 Å². The van der Waals surface area contributed by atoms with Gasteiger partial charge in [-0.15, -0.1) is 20.8 Å². The van der Waals surface area contributed by atoms with Gasteiger partial charge >= 0.3 is 6.09 Å². The number of hydrogen-bond acceptors (Lipinski definition) is 14. The van der Waals surface area contributed by atoms with E-state index in [0.29, 0.717) is 45.2 Å². The average Bonchev–Trinajstić information content (AvgIpc) is 4.11. The zero-order valence-corrected chi connectivity index (χ0v) is 45.5. The van der Waals surface area contributed by atoms with Crippen molar-refractivity contribution >= 4 is 112 Å². The van der Waals surface area contributed by atoms with Gasteiger partial charge in [0.15, 0.2) is 21.2 Å². The van der Waals surface area contributed by atoms with Gasteiger partial charge in [-0.1, -0.05) is 47.4 Å². The zero-order valence-electron chi connectivity index (χ0n) is 41.1. The number of aryl methyl sites for hydroxylation is 2. The number of hydrogen-bond donors (Lipinski definition) is 6. The number of carboxylic acids is 1. The number of ketones is 2. The number of nitrogens with zero attached hydrogens (tertiary/aromatic N) is 3. The molecule has 4 aromatic carbocycles. The molecule has 73 heavy (non-hydrogen) atoms. The summed E-state index contributed by atoms with van der Waals surface area (Å²) in [6.45, 7) is 12.9. The van der Waals surface area contributed by atoms with Crippen LogP contribution in [0.15, 0.2) is 89.9 Å². The number of thiocarbonyl (C=S) groups is 1. The summed E-state index contributed by atoms with van der Waals surface area (Å²) in [4.78, 5) is 55.1.